The third-order valence-corrected chi connectivity index (χ3v) is 2.18. The number of H-pyrrole nitrogens is 1. The lowest BCUT2D eigenvalue weighted by molar-refractivity contribution is -0.137. The SMILES string of the molecule is O=C(O)c1cnc(Oc2ccc(C(F)(F)F)cc2)[nH]1. The smallest absolute Gasteiger partial charge is 0.416 e. The molecular weight excluding hydrogens is 265 g/mol. The minimum atomic E-state index is -4.42. The number of benzene rings is 1. The minimum absolute atomic E-state index is 0.110. The van der Waals surface area contributed by atoms with E-state index in [0.29, 0.717) is 0 Å². The van der Waals surface area contributed by atoms with Gasteiger partial charge in [0.2, 0.25) is 0 Å². The fourth-order valence-electron chi connectivity index (χ4n) is 1.29. The number of ether oxygens (including phenoxy) is 1. The molecule has 0 bridgehead atoms. The van der Waals surface area contributed by atoms with Gasteiger partial charge in [-0.25, -0.2) is 9.78 Å². The van der Waals surface area contributed by atoms with Crippen molar-refractivity contribution in [1.29, 1.82) is 0 Å². The van der Waals surface area contributed by atoms with Crippen LogP contribution >= 0.6 is 0 Å². The Balaban J connectivity index is 2.13. The first-order valence-electron chi connectivity index (χ1n) is 4.99. The Bertz CT molecular complexity index is 590. The number of rotatable bonds is 3. The number of hydrogen-bond acceptors (Lipinski definition) is 3. The van der Waals surface area contributed by atoms with Crippen molar-refractivity contribution in [2.45, 2.75) is 6.18 Å². The molecule has 0 spiro atoms. The number of aromatic carboxylic acids is 1. The van der Waals surface area contributed by atoms with Gasteiger partial charge in [0.1, 0.15) is 11.4 Å². The zero-order chi connectivity index (χ0) is 14.0. The Kier molecular flexibility index (Phi) is 3.16. The molecule has 0 fully saturated rings. The number of halogens is 3. The molecule has 100 valence electrons. The number of aromatic amines is 1. The topological polar surface area (TPSA) is 75.2 Å². The summed E-state index contributed by atoms with van der Waals surface area (Å²) in [5.74, 6) is -1.10. The zero-order valence-corrected chi connectivity index (χ0v) is 9.23. The number of aromatic nitrogens is 2. The lowest BCUT2D eigenvalue weighted by Crippen LogP contribution is -2.04. The molecule has 1 aromatic carbocycles. The molecule has 1 heterocycles. The molecule has 5 nitrogen and oxygen atoms in total. The Morgan fingerprint density at radius 2 is 1.89 bits per heavy atom. The maximum absolute atomic E-state index is 12.3. The van der Waals surface area contributed by atoms with Crippen molar-refractivity contribution in [3.05, 3.63) is 41.7 Å². The molecule has 0 saturated carbocycles. The number of nitrogens with zero attached hydrogens (tertiary/aromatic N) is 1. The highest BCUT2D eigenvalue weighted by molar-refractivity contribution is 5.85. The highest BCUT2D eigenvalue weighted by atomic mass is 19.4. The van der Waals surface area contributed by atoms with Gasteiger partial charge in [0.05, 0.1) is 11.8 Å². The van der Waals surface area contributed by atoms with Crippen LogP contribution in [-0.2, 0) is 6.18 Å². The molecular formula is C11H7F3N2O3. The molecule has 0 unspecified atom stereocenters. The summed E-state index contributed by atoms with van der Waals surface area (Å²) < 4.78 is 42.0. The van der Waals surface area contributed by atoms with Crippen LogP contribution in [0.1, 0.15) is 16.1 Å². The summed E-state index contributed by atoms with van der Waals surface area (Å²) in [6.07, 6.45) is -3.37. The minimum Gasteiger partial charge on any atom is -0.477 e. The normalized spacial score (nSPS) is 11.3. The van der Waals surface area contributed by atoms with Crippen LogP contribution in [0.5, 0.6) is 11.8 Å². The fraction of sp³-hybridized carbons (Fsp3) is 0.0909. The van der Waals surface area contributed by atoms with Crippen molar-refractivity contribution in [2.24, 2.45) is 0 Å². The maximum atomic E-state index is 12.3. The maximum Gasteiger partial charge on any atom is 0.416 e. The molecule has 2 N–H and O–H groups in total. The number of imidazole rings is 1. The van der Waals surface area contributed by atoms with Crippen LogP contribution in [0.15, 0.2) is 30.5 Å². The predicted molar refractivity (Wildman–Crippen MR) is 57.1 cm³/mol. The van der Waals surface area contributed by atoms with E-state index in [9.17, 15) is 18.0 Å². The average Bonchev–Trinajstić information content (AvgIpc) is 2.77. The van der Waals surface area contributed by atoms with Gasteiger partial charge in [-0.2, -0.15) is 13.2 Å². The molecule has 1 aromatic heterocycles. The van der Waals surface area contributed by atoms with Gasteiger partial charge in [-0.05, 0) is 24.3 Å². The summed E-state index contributed by atoms with van der Waals surface area (Å²) in [6.45, 7) is 0. The third kappa shape index (κ3) is 3.03. The number of carboxylic acids is 1. The van der Waals surface area contributed by atoms with Crippen LogP contribution in [0, 0.1) is 0 Å². The zero-order valence-electron chi connectivity index (χ0n) is 9.23. The molecule has 8 heteroatoms. The summed E-state index contributed by atoms with van der Waals surface area (Å²) in [7, 11) is 0. The number of alkyl halides is 3. The highest BCUT2D eigenvalue weighted by Gasteiger charge is 2.30. The van der Waals surface area contributed by atoms with Crippen LogP contribution in [0.2, 0.25) is 0 Å². The second-order valence-corrected chi connectivity index (χ2v) is 3.53. The van der Waals surface area contributed by atoms with Crippen molar-refractivity contribution in [3.8, 4) is 11.8 Å². The molecule has 0 aliphatic carbocycles. The predicted octanol–water partition coefficient (Wildman–Crippen LogP) is 2.92. The second kappa shape index (κ2) is 4.63. The van der Waals surface area contributed by atoms with Crippen molar-refractivity contribution < 1.29 is 27.8 Å². The Labute approximate surface area is 104 Å². The van der Waals surface area contributed by atoms with Crippen LogP contribution in [-0.4, -0.2) is 21.0 Å². The largest absolute Gasteiger partial charge is 0.477 e. The lowest BCUT2D eigenvalue weighted by atomic mass is 10.2. The molecule has 0 aliphatic heterocycles. The molecule has 0 radical (unpaired) electrons. The van der Waals surface area contributed by atoms with Crippen LogP contribution in [0.3, 0.4) is 0 Å². The average molecular weight is 272 g/mol. The standard InChI is InChI=1S/C11H7F3N2O3/c12-11(13,14)6-1-3-7(4-2-6)19-10-15-5-8(16-10)9(17)18/h1-5H,(H,15,16)(H,17,18). The van der Waals surface area contributed by atoms with E-state index in [4.69, 9.17) is 9.84 Å². The summed E-state index contributed by atoms with van der Waals surface area (Å²) in [5.41, 5.74) is -0.979. The van der Waals surface area contributed by atoms with Gasteiger partial charge >= 0.3 is 12.1 Å². The highest BCUT2D eigenvalue weighted by Crippen LogP contribution is 2.30. The van der Waals surface area contributed by atoms with Gasteiger partial charge in [0.25, 0.3) is 6.01 Å². The van der Waals surface area contributed by atoms with Crippen molar-refractivity contribution in [2.75, 3.05) is 0 Å². The van der Waals surface area contributed by atoms with E-state index < -0.39 is 17.7 Å². The van der Waals surface area contributed by atoms with Gasteiger partial charge in [-0.15, -0.1) is 0 Å². The lowest BCUT2D eigenvalue weighted by Gasteiger charge is -2.07. The summed E-state index contributed by atoms with van der Waals surface area (Å²) >= 11 is 0. The Morgan fingerprint density at radius 1 is 1.26 bits per heavy atom. The summed E-state index contributed by atoms with van der Waals surface area (Å²) in [4.78, 5) is 16.5. The van der Waals surface area contributed by atoms with Gasteiger partial charge in [0.15, 0.2) is 0 Å². The van der Waals surface area contributed by atoms with E-state index in [1.807, 2.05) is 0 Å². The van der Waals surface area contributed by atoms with E-state index in [0.717, 1.165) is 30.5 Å². The van der Waals surface area contributed by atoms with Gasteiger partial charge < -0.3 is 14.8 Å². The van der Waals surface area contributed by atoms with E-state index in [-0.39, 0.29) is 17.5 Å². The molecule has 0 aliphatic rings. The summed E-state index contributed by atoms with van der Waals surface area (Å²) in [5, 5.41) is 8.64. The van der Waals surface area contributed by atoms with Gasteiger partial charge in [-0.1, -0.05) is 0 Å². The first-order chi connectivity index (χ1) is 8.86. The first-order valence-corrected chi connectivity index (χ1v) is 4.99. The second-order valence-electron chi connectivity index (χ2n) is 3.53. The molecule has 0 saturated heterocycles. The fourth-order valence-corrected chi connectivity index (χ4v) is 1.29. The monoisotopic (exact) mass is 272 g/mol. The number of carboxylic acid groups (broad SMARTS) is 1. The molecule has 19 heavy (non-hydrogen) atoms. The number of hydrogen-bond donors (Lipinski definition) is 2. The van der Waals surface area contributed by atoms with Crippen molar-refractivity contribution in [1.82, 2.24) is 9.97 Å². The third-order valence-electron chi connectivity index (χ3n) is 2.18. The Hall–Kier alpha value is -2.51. The van der Waals surface area contributed by atoms with Crippen molar-refractivity contribution >= 4 is 5.97 Å². The molecule has 2 aromatic rings. The number of nitrogens with one attached hydrogen (secondary N) is 1. The van der Waals surface area contributed by atoms with E-state index >= 15 is 0 Å². The van der Waals surface area contributed by atoms with Gasteiger partial charge in [-0.3, -0.25) is 0 Å². The number of carbonyl (C=O) groups is 1. The van der Waals surface area contributed by atoms with E-state index in [1.165, 1.54) is 0 Å². The first kappa shape index (κ1) is 12.9. The Morgan fingerprint density at radius 3 is 2.37 bits per heavy atom. The molecule has 2 rings (SSSR count). The van der Waals surface area contributed by atoms with Crippen LogP contribution < -0.4 is 4.74 Å². The van der Waals surface area contributed by atoms with E-state index in [2.05, 4.69) is 9.97 Å². The van der Waals surface area contributed by atoms with Crippen LogP contribution in [0.4, 0.5) is 13.2 Å². The van der Waals surface area contributed by atoms with E-state index in [1.54, 1.807) is 0 Å². The van der Waals surface area contributed by atoms with Gasteiger partial charge in [0, 0.05) is 0 Å². The molecule has 0 amide bonds. The molecule has 0 atom stereocenters. The van der Waals surface area contributed by atoms with Crippen molar-refractivity contribution in [3.63, 3.8) is 0 Å². The quantitative estimate of drug-likeness (QED) is 0.900. The van der Waals surface area contributed by atoms with Crippen LogP contribution in [0.25, 0.3) is 0 Å². The summed E-state index contributed by atoms with van der Waals surface area (Å²) in [6, 6.07) is 3.83.